The van der Waals surface area contributed by atoms with E-state index >= 15 is 0 Å². The van der Waals surface area contributed by atoms with Gasteiger partial charge in [0.25, 0.3) is 0 Å². The third kappa shape index (κ3) is 9.31. The first-order valence-electron chi connectivity index (χ1n) is 9.74. The van der Waals surface area contributed by atoms with Gasteiger partial charge in [0.05, 0.1) is 31.5 Å². The van der Waals surface area contributed by atoms with Gasteiger partial charge < -0.3 is 14.8 Å². The summed E-state index contributed by atoms with van der Waals surface area (Å²) in [6.07, 6.45) is 0.487. The molecule has 7 nitrogen and oxygen atoms in total. The van der Waals surface area contributed by atoms with Crippen LogP contribution in [-0.2, 0) is 16.0 Å². The van der Waals surface area contributed by atoms with Gasteiger partial charge in [-0.2, -0.15) is 10.5 Å². The zero-order valence-electron chi connectivity index (χ0n) is 17.6. The summed E-state index contributed by atoms with van der Waals surface area (Å²) in [7, 11) is 5.06. The number of ether oxygens (including phenoxy) is 2. The normalized spacial score (nSPS) is 12.3. The maximum atomic E-state index is 13.2. The molecule has 0 spiro atoms. The van der Waals surface area contributed by atoms with E-state index < -0.39 is 5.92 Å². The Morgan fingerprint density at radius 3 is 2.17 bits per heavy atom. The highest BCUT2D eigenvalue weighted by Crippen LogP contribution is 2.11. The largest absolute Gasteiger partial charge is 0.383 e. The number of hydrogen-bond donors (Lipinski definition) is 1. The highest BCUT2D eigenvalue weighted by atomic mass is 19.1. The Hall–Kier alpha value is -2.07. The highest BCUT2D eigenvalue weighted by Gasteiger charge is 2.26. The van der Waals surface area contributed by atoms with Crippen LogP contribution in [0, 0.1) is 34.4 Å². The molecule has 1 rings (SSSR count). The van der Waals surface area contributed by atoms with Crippen molar-refractivity contribution in [2.45, 2.75) is 19.1 Å². The standard InChI is InChI=1S/C21H32FN5O2/c1-25-21(19(15-23)16-24)27(12-14-29-3)10-4-9-26(11-13-28-2)17-18-5-7-20(22)8-6-18/h5-8,19,21,25H,4,9-14,17H2,1-3H3. The fourth-order valence-corrected chi connectivity index (χ4v) is 3.16. The predicted octanol–water partition coefficient (Wildman–Crippen LogP) is 1.82. The lowest BCUT2D eigenvalue weighted by Crippen LogP contribution is -2.50. The van der Waals surface area contributed by atoms with Crippen molar-refractivity contribution >= 4 is 0 Å². The number of methoxy groups -OCH3 is 2. The summed E-state index contributed by atoms with van der Waals surface area (Å²) in [5.41, 5.74) is 1.04. The maximum absolute atomic E-state index is 13.2. The van der Waals surface area contributed by atoms with Gasteiger partial charge >= 0.3 is 0 Å². The summed E-state index contributed by atoms with van der Waals surface area (Å²) >= 11 is 0. The second kappa shape index (κ2) is 14.9. The van der Waals surface area contributed by atoms with Crippen molar-refractivity contribution in [1.82, 2.24) is 15.1 Å². The van der Waals surface area contributed by atoms with E-state index in [4.69, 9.17) is 9.47 Å². The number of nitrogens with zero attached hydrogens (tertiary/aromatic N) is 4. The summed E-state index contributed by atoms with van der Waals surface area (Å²) in [4.78, 5) is 4.33. The summed E-state index contributed by atoms with van der Waals surface area (Å²) in [5.74, 6) is -1.01. The number of hydrogen-bond acceptors (Lipinski definition) is 7. The minimum atomic E-state index is -0.763. The van der Waals surface area contributed by atoms with E-state index in [2.05, 4.69) is 27.3 Å². The van der Waals surface area contributed by atoms with E-state index in [9.17, 15) is 14.9 Å². The fourth-order valence-electron chi connectivity index (χ4n) is 3.16. The number of halogens is 1. The Morgan fingerprint density at radius 2 is 1.62 bits per heavy atom. The average Bonchev–Trinajstić information content (AvgIpc) is 2.74. The predicted molar refractivity (Wildman–Crippen MR) is 109 cm³/mol. The van der Waals surface area contributed by atoms with Crippen LogP contribution in [0.2, 0.25) is 0 Å². The van der Waals surface area contributed by atoms with Crippen LogP contribution in [-0.4, -0.2) is 76.6 Å². The van der Waals surface area contributed by atoms with E-state index in [-0.39, 0.29) is 12.0 Å². The second-order valence-electron chi connectivity index (χ2n) is 6.75. The quantitative estimate of drug-likeness (QED) is 0.446. The summed E-state index contributed by atoms with van der Waals surface area (Å²) in [6, 6.07) is 10.6. The van der Waals surface area contributed by atoms with Crippen LogP contribution in [0.15, 0.2) is 24.3 Å². The van der Waals surface area contributed by atoms with Gasteiger partial charge in [0.2, 0.25) is 0 Å². The highest BCUT2D eigenvalue weighted by molar-refractivity contribution is 5.15. The molecule has 0 saturated carbocycles. The van der Waals surface area contributed by atoms with Gasteiger partial charge in [-0.1, -0.05) is 12.1 Å². The van der Waals surface area contributed by atoms with Crippen molar-refractivity contribution in [1.29, 1.82) is 10.5 Å². The third-order valence-electron chi connectivity index (χ3n) is 4.72. The van der Waals surface area contributed by atoms with Crippen LogP contribution < -0.4 is 5.32 Å². The van der Waals surface area contributed by atoms with Crippen LogP contribution in [0.4, 0.5) is 4.39 Å². The minimum absolute atomic E-state index is 0.242. The van der Waals surface area contributed by atoms with Crippen LogP contribution >= 0.6 is 0 Å². The van der Waals surface area contributed by atoms with Crippen molar-refractivity contribution < 1.29 is 13.9 Å². The van der Waals surface area contributed by atoms with E-state index in [0.29, 0.717) is 32.8 Å². The van der Waals surface area contributed by atoms with E-state index in [0.717, 1.165) is 25.1 Å². The summed E-state index contributed by atoms with van der Waals surface area (Å²) < 4.78 is 23.6. The lowest BCUT2D eigenvalue weighted by atomic mass is 10.1. The van der Waals surface area contributed by atoms with Gasteiger partial charge in [-0.3, -0.25) is 9.80 Å². The van der Waals surface area contributed by atoms with Crippen LogP contribution in [0.3, 0.4) is 0 Å². The molecule has 1 N–H and O–H groups in total. The maximum Gasteiger partial charge on any atom is 0.161 e. The third-order valence-corrected chi connectivity index (χ3v) is 4.72. The van der Waals surface area contributed by atoms with E-state index in [1.807, 2.05) is 0 Å². The topological polar surface area (TPSA) is 84.6 Å². The lowest BCUT2D eigenvalue weighted by Gasteiger charge is -2.32. The first-order chi connectivity index (χ1) is 14.1. The van der Waals surface area contributed by atoms with Gasteiger partial charge in [-0.05, 0) is 37.7 Å². The van der Waals surface area contributed by atoms with Gasteiger partial charge in [-0.25, -0.2) is 4.39 Å². The molecule has 29 heavy (non-hydrogen) atoms. The number of benzene rings is 1. The molecule has 160 valence electrons. The minimum Gasteiger partial charge on any atom is -0.383 e. The van der Waals surface area contributed by atoms with Crippen LogP contribution in [0.1, 0.15) is 12.0 Å². The molecule has 0 radical (unpaired) electrons. The van der Waals surface area contributed by atoms with Crippen molar-refractivity contribution in [2.24, 2.45) is 5.92 Å². The van der Waals surface area contributed by atoms with Crippen molar-refractivity contribution in [2.75, 3.05) is 60.7 Å². The molecule has 0 aliphatic rings. The van der Waals surface area contributed by atoms with Gasteiger partial charge in [0.1, 0.15) is 5.82 Å². The Bertz CT molecular complexity index is 630. The molecule has 8 heteroatoms. The SMILES string of the molecule is CNC(C(C#N)C#N)N(CCCN(CCOC)Cc1ccc(F)cc1)CCOC. The molecule has 1 unspecified atom stereocenters. The van der Waals surface area contributed by atoms with Crippen molar-refractivity contribution in [3.63, 3.8) is 0 Å². The molecule has 0 aromatic heterocycles. The lowest BCUT2D eigenvalue weighted by molar-refractivity contribution is 0.0915. The van der Waals surface area contributed by atoms with Crippen LogP contribution in [0.25, 0.3) is 0 Å². The molecule has 0 fully saturated rings. The van der Waals surface area contributed by atoms with Gasteiger partial charge in [0, 0.05) is 40.4 Å². The van der Waals surface area contributed by atoms with Gasteiger partial charge in [0.15, 0.2) is 5.92 Å². The zero-order chi connectivity index (χ0) is 21.5. The Balaban J connectivity index is 2.71. The number of nitriles is 2. The average molecular weight is 406 g/mol. The van der Waals surface area contributed by atoms with Crippen molar-refractivity contribution in [3.05, 3.63) is 35.6 Å². The van der Waals surface area contributed by atoms with E-state index in [1.54, 1.807) is 33.4 Å². The molecule has 0 bridgehead atoms. The first-order valence-corrected chi connectivity index (χ1v) is 9.74. The first kappa shape index (κ1) is 25.0. The second-order valence-corrected chi connectivity index (χ2v) is 6.75. The monoisotopic (exact) mass is 405 g/mol. The molecule has 0 saturated heterocycles. The zero-order valence-corrected chi connectivity index (χ0v) is 17.6. The molecule has 0 heterocycles. The molecule has 0 amide bonds. The fraction of sp³-hybridized carbons (Fsp3) is 0.619. The molecular formula is C21H32FN5O2. The number of nitrogens with one attached hydrogen (secondary N) is 1. The molecule has 1 aromatic rings. The smallest absolute Gasteiger partial charge is 0.161 e. The Kier molecular flexibility index (Phi) is 12.8. The van der Waals surface area contributed by atoms with Crippen molar-refractivity contribution in [3.8, 4) is 12.1 Å². The summed E-state index contributed by atoms with van der Waals surface area (Å²) in [5, 5.41) is 21.6. The molecule has 0 aliphatic carbocycles. The molecule has 1 atom stereocenters. The number of rotatable bonds is 15. The summed E-state index contributed by atoms with van der Waals surface area (Å²) in [6.45, 7) is 4.74. The Labute approximate surface area is 173 Å². The van der Waals surface area contributed by atoms with Gasteiger partial charge in [-0.15, -0.1) is 0 Å². The molecule has 1 aromatic carbocycles. The van der Waals surface area contributed by atoms with E-state index in [1.165, 1.54) is 12.1 Å². The molecular weight excluding hydrogens is 373 g/mol. The van der Waals surface area contributed by atoms with Crippen LogP contribution in [0.5, 0.6) is 0 Å². The Morgan fingerprint density at radius 1 is 1.00 bits per heavy atom. The molecule has 0 aliphatic heterocycles.